The minimum atomic E-state index is -4.39. The molecular weight excluding hydrogens is 285 g/mol. The second-order valence-electron chi connectivity index (χ2n) is 5.46. The van der Waals surface area contributed by atoms with E-state index in [1.165, 1.54) is 4.90 Å². The van der Waals surface area contributed by atoms with Crippen molar-refractivity contribution in [2.45, 2.75) is 20.0 Å². The lowest BCUT2D eigenvalue weighted by Crippen LogP contribution is -2.36. The summed E-state index contributed by atoms with van der Waals surface area (Å²) in [7, 11) is 1.57. The van der Waals surface area contributed by atoms with Gasteiger partial charge in [-0.15, -0.1) is 5.10 Å². The number of carbonyl (C=O) groups excluding carboxylic acids is 1. The van der Waals surface area contributed by atoms with Crippen molar-refractivity contribution >= 4 is 11.7 Å². The number of rotatable bonds is 2. The molecule has 5 nitrogen and oxygen atoms in total. The number of amides is 1. The molecule has 1 amide bonds. The van der Waals surface area contributed by atoms with Crippen molar-refractivity contribution in [3.8, 4) is 0 Å². The molecule has 0 radical (unpaired) electrons. The first-order chi connectivity index (χ1) is 9.68. The van der Waals surface area contributed by atoms with Crippen molar-refractivity contribution < 1.29 is 18.0 Å². The highest BCUT2D eigenvalue weighted by Crippen LogP contribution is 2.37. The van der Waals surface area contributed by atoms with Crippen LogP contribution in [0.4, 0.5) is 19.0 Å². The van der Waals surface area contributed by atoms with Gasteiger partial charge < -0.3 is 10.2 Å². The zero-order valence-electron chi connectivity index (χ0n) is 12.0. The van der Waals surface area contributed by atoms with E-state index in [2.05, 4.69) is 15.5 Å². The maximum Gasteiger partial charge on any atom is 0.393 e. The maximum absolute atomic E-state index is 13.0. The number of anilines is 1. The average molecular weight is 302 g/mol. The summed E-state index contributed by atoms with van der Waals surface area (Å²) in [5.41, 5.74) is 1.53. The zero-order chi connectivity index (χ0) is 15.8. The molecule has 2 heterocycles. The highest BCUT2D eigenvalue weighted by atomic mass is 19.4. The van der Waals surface area contributed by atoms with Gasteiger partial charge in [0, 0.05) is 13.1 Å². The Kier molecular flexibility index (Phi) is 4.18. The molecule has 8 heteroatoms. The number of halogens is 3. The molecule has 21 heavy (non-hydrogen) atoms. The van der Waals surface area contributed by atoms with Gasteiger partial charge in [-0.1, -0.05) is 0 Å². The van der Waals surface area contributed by atoms with E-state index >= 15 is 0 Å². The van der Waals surface area contributed by atoms with E-state index in [0.717, 1.165) is 5.56 Å². The molecule has 0 spiro atoms. The topological polar surface area (TPSA) is 58.1 Å². The van der Waals surface area contributed by atoms with Gasteiger partial charge in [-0.25, -0.2) is 0 Å². The molecule has 2 rings (SSSR count). The molecule has 0 bridgehead atoms. The van der Waals surface area contributed by atoms with Gasteiger partial charge in [0.2, 0.25) is 5.91 Å². The summed E-state index contributed by atoms with van der Waals surface area (Å²) < 4.78 is 38.9. The van der Waals surface area contributed by atoms with Crippen LogP contribution in [-0.2, 0) is 4.79 Å². The Morgan fingerprint density at radius 1 is 1.33 bits per heavy atom. The first kappa shape index (κ1) is 15.7. The number of hydrogen-bond donors (Lipinski definition) is 1. The highest BCUT2D eigenvalue weighted by molar-refractivity contribution is 5.92. The van der Waals surface area contributed by atoms with Crippen molar-refractivity contribution in [2.75, 3.05) is 25.5 Å². The van der Waals surface area contributed by atoms with Gasteiger partial charge in [0.15, 0.2) is 5.82 Å². The van der Waals surface area contributed by atoms with Crippen LogP contribution in [0.5, 0.6) is 0 Å². The van der Waals surface area contributed by atoms with Crippen LogP contribution < -0.4 is 5.32 Å². The van der Waals surface area contributed by atoms with Gasteiger partial charge in [-0.3, -0.25) is 4.79 Å². The predicted molar refractivity (Wildman–Crippen MR) is 70.7 cm³/mol. The Morgan fingerprint density at radius 3 is 2.57 bits per heavy atom. The number of carbonyl (C=O) groups is 1. The van der Waals surface area contributed by atoms with Crippen LogP contribution in [0.3, 0.4) is 0 Å². The number of nitrogens with zero attached hydrogens (tertiary/aromatic N) is 3. The molecule has 0 aromatic carbocycles. The molecule has 1 fully saturated rings. The van der Waals surface area contributed by atoms with Crippen LogP contribution in [0.1, 0.15) is 11.3 Å². The Balaban J connectivity index is 2.13. The Labute approximate surface area is 120 Å². The van der Waals surface area contributed by atoms with E-state index in [9.17, 15) is 18.0 Å². The predicted octanol–water partition coefficient (Wildman–Crippen LogP) is 1.77. The molecule has 1 aliphatic rings. The number of hydrogen-bond acceptors (Lipinski definition) is 4. The van der Waals surface area contributed by atoms with Gasteiger partial charge in [0.1, 0.15) is 0 Å². The zero-order valence-corrected chi connectivity index (χ0v) is 12.0. The third kappa shape index (κ3) is 3.49. The lowest BCUT2D eigenvalue weighted by Gasteiger charge is -2.20. The first-order valence-corrected chi connectivity index (χ1v) is 6.55. The number of nitrogens with one attached hydrogen (secondary N) is 1. The minimum absolute atomic E-state index is 0.0777. The van der Waals surface area contributed by atoms with Crippen molar-refractivity contribution in [3.05, 3.63) is 17.3 Å². The fraction of sp³-hybridized carbons (Fsp3) is 0.615. The lowest BCUT2D eigenvalue weighted by atomic mass is 9.94. The van der Waals surface area contributed by atoms with E-state index in [4.69, 9.17) is 0 Å². The Hall–Kier alpha value is -1.70. The van der Waals surface area contributed by atoms with E-state index in [-0.39, 0.29) is 18.9 Å². The standard InChI is InChI=1S/C13H17F3N4O/c1-7-4-11(19-18-8(7)2)17-12(21)9-5-20(3)6-10(9)13(14,15)16/h4,9-10H,5-6H2,1-3H3,(H,17,19,21)/t9-,10-/m1/s1. The SMILES string of the molecule is Cc1cc(NC(=O)[C@@H]2CN(C)C[C@H]2C(F)(F)F)nnc1C. The van der Waals surface area contributed by atoms with Gasteiger partial charge in [0.25, 0.3) is 0 Å². The Bertz CT molecular complexity index is 547. The van der Waals surface area contributed by atoms with Crippen LogP contribution in [0.25, 0.3) is 0 Å². The molecule has 1 aliphatic heterocycles. The van der Waals surface area contributed by atoms with Crippen LogP contribution in [0, 0.1) is 25.7 Å². The molecule has 1 saturated heterocycles. The number of alkyl halides is 3. The van der Waals surface area contributed by atoms with Crippen molar-refractivity contribution in [1.29, 1.82) is 0 Å². The highest BCUT2D eigenvalue weighted by Gasteiger charge is 2.51. The third-order valence-corrected chi connectivity index (χ3v) is 3.74. The van der Waals surface area contributed by atoms with Crippen LogP contribution in [-0.4, -0.2) is 47.3 Å². The second-order valence-corrected chi connectivity index (χ2v) is 5.46. The monoisotopic (exact) mass is 302 g/mol. The summed E-state index contributed by atoms with van der Waals surface area (Å²) in [6.07, 6.45) is -4.39. The molecule has 1 N–H and O–H groups in total. The fourth-order valence-electron chi connectivity index (χ4n) is 2.42. The van der Waals surface area contributed by atoms with Crippen molar-refractivity contribution in [2.24, 2.45) is 11.8 Å². The number of aromatic nitrogens is 2. The van der Waals surface area contributed by atoms with E-state index in [0.29, 0.717) is 5.69 Å². The molecule has 1 aromatic rings. The van der Waals surface area contributed by atoms with E-state index in [1.54, 1.807) is 27.0 Å². The largest absolute Gasteiger partial charge is 0.393 e. The average Bonchev–Trinajstić information content (AvgIpc) is 2.76. The first-order valence-electron chi connectivity index (χ1n) is 6.55. The summed E-state index contributed by atoms with van der Waals surface area (Å²) in [5, 5.41) is 10.1. The normalized spacial score (nSPS) is 23.3. The molecule has 116 valence electrons. The Morgan fingerprint density at radius 2 is 2.00 bits per heavy atom. The van der Waals surface area contributed by atoms with Crippen molar-refractivity contribution in [1.82, 2.24) is 15.1 Å². The second kappa shape index (κ2) is 5.59. The molecule has 2 atom stereocenters. The molecule has 0 unspecified atom stereocenters. The summed E-state index contributed by atoms with van der Waals surface area (Å²) in [6.45, 7) is 3.47. The molecule has 1 aromatic heterocycles. The summed E-state index contributed by atoms with van der Waals surface area (Å²) in [6, 6.07) is 1.60. The molecule has 0 saturated carbocycles. The molecule has 0 aliphatic carbocycles. The van der Waals surface area contributed by atoms with Crippen LogP contribution >= 0.6 is 0 Å². The van der Waals surface area contributed by atoms with Gasteiger partial charge in [-0.2, -0.15) is 18.3 Å². The third-order valence-electron chi connectivity index (χ3n) is 3.74. The van der Waals surface area contributed by atoms with Crippen LogP contribution in [0.2, 0.25) is 0 Å². The van der Waals surface area contributed by atoms with E-state index in [1.807, 2.05) is 0 Å². The quantitative estimate of drug-likeness (QED) is 0.904. The maximum atomic E-state index is 13.0. The summed E-state index contributed by atoms with van der Waals surface area (Å²) in [4.78, 5) is 13.6. The molecular formula is C13H17F3N4O. The fourth-order valence-corrected chi connectivity index (χ4v) is 2.42. The minimum Gasteiger partial charge on any atom is -0.309 e. The van der Waals surface area contributed by atoms with Crippen LogP contribution in [0.15, 0.2) is 6.07 Å². The van der Waals surface area contributed by atoms with Gasteiger partial charge in [0.05, 0.1) is 17.5 Å². The number of likely N-dealkylation sites (tertiary alicyclic amines) is 1. The smallest absolute Gasteiger partial charge is 0.309 e. The summed E-state index contributed by atoms with van der Waals surface area (Å²) >= 11 is 0. The van der Waals surface area contributed by atoms with Gasteiger partial charge >= 0.3 is 6.18 Å². The summed E-state index contributed by atoms with van der Waals surface area (Å²) in [5.74, 6) is -3.27. The van der Waals surface area contributed by atoms with E-state index < -0.39 is 23.9 Å². The van der Waals surface area contributed by atoms with Gasteiger partial charge in [-0.05, 0) is 32.5 Å². The lowest BCUT2D eigenvalue weighted by molar-refractivity contribution is -0.182. The van der Waals surface area contributed by atoms with Crippen molar-refractivity contribution in [3.63, 3.8) is 0 Å². The number of aryl methyl sites for hydroxylation is 2.